The molecule has 2 rings (SSSR count). The van der Waals surface area contributed by atoms with E-state index in [0.29, 0.717) is 32.2 Å². The molecule has 2 aromatic rings. The number of nitrogen functional groups attached to an aromatic ring is 1. The molecule has 0 atom stereocenters. The number of rotatable bonds is 2. The van der Waals surface area contributed by atoms with Gasteiger partial charge in [0, 0.05) is 9.50 Å². The first-order valence-electron chi connectivity index (χ1n) is 5.03. The molecule has 0 aliphatic carbocycles. The molecule has 0 bridgehead atoms. The van der Waals surface area contributed by atoms with Crippen LogP contribution in [0.4, 0.5) is 5.69 Å². The predicted molar refractivity (Wildman–Crippen MR) is 74.8 cm³/mol. The molecule has 3 nitrogen and oxygen atoms in total. The van der Waals surface area contributed by atoms with Gasteiger partial charge in [-0.05, 0) is 46.3 Å². The molecule has 0 aromatic heterocycles. The second-order valence-electron chi connectivity index (χ2n) is 3.51. The zero-order valence-electron chi connectivity index (χ0n) is 9.15. The van der Waals surface area contributed by atoms with Gasteiger partial charge in [-0.25, -0.2) is 0 Å². The first kappa shape index (κ1) is 12.7. The summed E-state index contributed by atoms with van der Waals surface area (Å²) in [5, 5.41) is 9.62. The summed E-state index contributed by atoms with van der Waals surface area (Å²) in [5.41, 5.74) is 6.64. The summed E-state index contributed by atoms with van der Waals surface area (Å²) in [4.78, 5) is 0. The van der Waals surface area contributed by atoms with E-state index in [-0.39, 0.29) is 0 Å². The Kier molecular flexibility index (Phi) is 3.75. The summed E-state index contributed by atoms with van der Waals surface area (Å²) in [5.74, 6) is 0.912. The first-order chi connectivity index (χ1) is 8.61. The Morgan fingerprint density at radius 3 is 2.67 bits per heavy atom. The van der Waals surface area contributed by atoms with Gasteiger partial charge in [-0.1, -0.05) is 17.7 Å². The van der Waals surface area contributed by atoms with E-state index in [1.165, 1.54) is 0 Å². The van der Waals surface area contributed by atoms with E-state index in [1.807, 2.05) is 0 Å². The van der Waals surface area contributed by atoms with Gasteiger partial charge >= 0.3 is 0 Å². The maximum absolute atomic E-state index is 9.08. The molecule has 0 aliphatic heterocycles. The second kappa shape index (κ2) is 5.30. The van der Waals surface area contributed by atoms with E-state index in [1.54, 1.807) is 36.4 Å². The highest BCUT2D eigenvalue weighted by molar-refractivity contribution is 9.10. The summed E-state index contributed by atoms with van der Waals surface area (Å²) >= 11 is 9.10. The SMILES string of the molecule is N#Cc1c(Br)cccc1Oc1ccc(Cl)cc1N. The number of ether oxygens (including phenoxy) is 1. The van der Waals surface area contributed by atoms with Crippen molar-refractivity contribution in [3.8, 4) is 17.6 Å². The van der Waals surface area contributed by atoms with E-state index in [4.69, 9.17) is 27.3 Å². The van der Waals surface area contributed by atoms with Gasteiger partial charge in [-0.2, -0.15) is 5.26 Å². The Morgan fingerprint density at radius 1 is 1.22 bits per heavy atom. The highest BCUT2D eigenvalue weighted by Crippen LogP contribution is 2.33. The van der Waals surface area contributed by atoms with Crippen molar-refractivity contribution >= 4 is 33.2 Å². The van der Waals surface area contributed by atoms with Crippen molar-refractivity contribution in [2.45, 2.75) is 0 Å². The molecular weight excluding hydrogens is 316 g/mol. The predicted octanol–water partition coefficient (Wildman–Crippen LogP) is 4.35. The molecule has 0 heterocycles. The van der Waals surface area contributed by atoms with Crippen LogP contribution in [0, 0.1) is 11.3 Å². The topological polar surface area (TPSA) is 59.0 Å². The fourth-order valence-corrected chi connectivity index (χ4v) is 2.05. The quantitative estimate of drug-likeness (QED) is 0.836. The molecule has 0 amide bonds. The van der Waals surface area contributed by atoms with Gasteiger partial charge < -0.3 is 10.5 Å². The molecule has 2 N–H and O–H groups in total. The highest BCUT2D eigenvalue weighted by atomic mass is 79.9. The van der Waals surface area contributed by atoms with Gasteiger partial charge in [0.2, 0.25) is 0 Å². The van der Waals surface area contributed by atoms with Crippen LogP contribution in [0.1, 0.15) is 5.56 Å². The number of hydrogen-bond acceptors (Lipinski definition) is 3. The standard InChI is InChI=1S/C13H8BrClN2O/c14-10-2-1-3-12(9(10)7-16)18-13-5-4-8(15)6-11(13)17/h1-6H,17H2. The fourth-order valence-electron chi connectivity index (χ4n) is 1.43. The number of benzene rings is 2. The average Bonchev–Trinajstić information content (AvgIpc) is 2.33. The van der Waals surface area contributed by atoms with Crippen LogP contribution in [0.25, 0.3) is 0 Å². The van der Waals surface area contributed by atoms with E-state index in [9.17, 15) is 0 Å². The number of halogens is 2. The van der Waals surface area contributed by atoms with Crippen molar-refractivity contribution in [2.75, 3.05) is 5.73 Å². The zero-order chi connectivity index (χ0) is 13.1. The average molecular weight is 324 g/mol. The molecule has 0 aliphatic rings. The smallest absolute Gasteiger partial charge is 0.150 e. The number of nitrogens with zero attached hydrogens (tertiary/aromatic N) is 1. The molecule has 0 spiro atoms. The van der Waals surface area contributed by atoms with Crippen LogP contribution in [-0.2, 0) is 0 Å². The van der Waals surface area contributed by atoms with Crippen molar-refractivity contribution in [1.82, 2.24) is 0 Å². The van der Waals surface area contributed by atoms with Crippen LogP contribution in [0.3, 0.4) is 0 Å². The highest BCUT2D eigenvalue weighted by Gasteiger charge is 2.10. The number of nitriles is 1. The van der Waals surface area contributed by atoms with E-state index in [2.05, 4.69) is 22.0 Å². The molecular formula is C13H8BrClN2O. The van der Waals surface area contributed by atoms with E-state index in [0.717, 1.165) is 0 Å². The molecule has 0 radical (unpaired) electrons. The number of anilines is 1. The summed E-state index contributed by atoms with van der Waals surface area (Å²) in [6.07, 6.45) is 0. The summed E-state index contributed by atoms with van der Waals surface area (Å²) in [6, 6.07) is 12.3. The third-order valence-corrected chi connectivity index (χ3v) is 3.17. The Morgan fingerprint density at radius 2 is 2.00 bits per heavy atom. The minimum absolute atomic E-state index is 0.423. The van der Waals surface area contributed by atoms with Crippen LogP contribution < -0.4 is 10.5 Å². The van der Waals surface area contributed by atoms with Crippen LogP contribution in [0.2, 0.25) is 5.02 Å². The molecule has 0 fully saturated rings. The second-order valence-corrected chi connectivity index (χ2v) is 4.80. The maximum atomic E-state index is 9.08. The Bertz CT molecular complexity index is 637. The van der Waals surface area contributed by atoms with Gasteiger partial charge in [0.25, 0.3) is 0 Å². The van der Waals surface area contributed by atoms with Crippen LogP contribution in [0.5, 0.6) is 11.5 Å². The molecule has 0 unspecified atom stereocenters. The Labute approximate surface area is 118 Å². The minimum Gasteiger partial charge on any atom is -0.454 e. The minimum atomic E-state index is 0.423. The molecule has 0 saturated carbocycles. The number of nitrogens with two attached hydrogens (primary N) is 1. The van der Waals surface area contributed by atoms with Crippen LogP contribution in [-0.4, -0.2) is 0 Å². The van der Waals surface area contributed by atoms with Gasteiger partial charge in [0.15, 0.2) is 0 Å². The maximum Gasteiger partial charge on any atom is 0.150 e. The largest absolute Gasteiger partial charge is 0.454 e. The molecule has 90 valence electrons. The number of hydrogen-bond donors (Lipinski definition) is 1. The lowest BCUT2D eigenvalue weighted by atomic mass is 10.2. The first-order valence-corrected chi connectivity index (χ1v) is 6.20. The Hall–Kier alpha value is -1.70. The van der Waals surface area contributed by atoms with Crippen molar-refractivity contribution in [3.63, 3.8) is 0 Å². The van der Waals surface area contributed by atoms with Gasteiger partial charge in [-0.15, -0.1) is 0 Å². The lowest BCUT2D eigenvalue weighted by Crippen LogP contribution is -1.94. The molecule has 2 aromatic carbocycles. The third-order valence-electron chi connectivity index (χ3n) is 2.28. The van der Waals surface area contributed by atoms with Gasteiger partial charge in [0.05, 0.1) is 5.69 Å². The summed E-state index contributed by atoms with van der Waals surface area (Å²) in [6.45, 7) is 0. The molecule has 0 saturated heterocycles. The van der Waals surface area contributed by atoms with Gasteiger partial charge in [-0.3, -0.25) is 0 Å². The lowest BCUT2D eigenvalue weighted by Gasteiger charge is -2.10. The normalized spacial score (nSPS) is 9.83. The van der Waals surface area contributed by atoms with Gasteiger partial charge in [0.1, 0.15) is 23.1 Å². The third kappa shape index (κ3) is 2.58. The fraction of sp³-hybridized carbons (Fsp3) is 0. The molecule has 5 heteroatoms. The van der Waals surface area contributed by atoms with E-state index < -0.39 is 0 Å². The zero-order valence-corrected chi connectivity index (χ0v) is 11.5. The van der Waals surface area contributed by atoms with Crippen LogP contribution >= 0.6 is 27.5 Å². The van der Waals surface area contributed by atoms with Crippen molar-refractivity contribution in [2.24, 2.45) is 0 Å². The molecule has 18 heavy (non-hydrogen) atoms. The van der Waals surface area contributed by atoms with Crippen LogP contribution in [0.15, 0.2) is 40.9 Å². The lowest BCUT2D eigenvalue weighted by molar-refractivity contribution is 0.483. The van der Waals surface area contributed by atoms with E-state index >= 15 is 0 Å². The summed E-state index contributed by atoms with van der Waals surface area (Å²) < 4.78 is 6.31. The van der Waals surface area contributed by atoms with Crippen molar-refractivity contribution in [3.05, 3.63) is 51.5 Å². The van der Waals surface area contributed by atoms with Crippen molar-refractivity contribution < 1.29 is 4.74 Å². The monoisotopic (exact) mass is 322 g/mol. The summed E-state index contributed by atoms with van der Waals surface area (Å²) in [7, 11) is 0. The Balaban J connectivity index is 2.41. The van der Waals surface area contributed by atoms with Crippen molar-refractivity contribution in [1.29, 1.82) is 5.26 Å².